The molecule has 12 nitrogen and oxygen atoms in total. The number of hydrogen-bond donors (Lipinski definition) is 2. The highest BCUT2D eigenvalue weighted by atomic mass is 16.2. The maximum atomic E-state index is 12.7. The van der Waals surface area contributed by atoms with Crippen molar-refractivity contribution in [2.24, 2.45) is 0 Å². The molecule has 2 atom stereocenters. The highest BCUT2D eigenvalue weighted by Crippen LogP contribution is 2.17. The zero-order valence-corrected chi connectivity index (χ0v) is 35.2. The van der Waals surface area contributed by atoms with Crippen LogP contribution in [0.25, 0.3) is 0 Å². The van der Waals surface area contributed by atoms with Gasteiger partial charge in [0.25, 0.3) is 23.6 Å². The Morgan fingerprint density at radius 1 is 0.397 bits per heavy atom. The van der Waals surface area contributed by atoms with Crippen LogP contribution >= 0.6 is 0 Å². The largest absolute Gasteiger partial charge is 0.412 e. The predicted molar refractivity (Wildman–Crippen MR) is 228 cm³/mol. The molecular weight excluding hydrogens is 737 g/mol. The molecule has 4 aromatic rings. The molecule has 0 aliphatic carbocycles. The Morgan fingerprint density at radius 3 is 0.948 bits per heavy atom. The number of nitrogens with one attached hydrogen (secondary N) is 2. The molecule has 0 spiro atoms. The number of carbonyl (C=O) groups is 6. The Morgan fingerprint density at radius 2 is 0.672 bits per heavy atom. The lowest BCUT2D eigenvalue weighted by Gasteiger charge is -2.30. The van der Waals surface area contributed by atoms with Gasteiger partial charge < -0.3 is 31.4 Å². The van der Waals surface area contributed by atoms with Crippen LogP contribution in [0.2, 0.25) is 0 Å². The molecule has 6 N–H and O–H groups in total. The van der Waals surface area contributed by atoms with Crippen molar-refractivity contribution in [2.45, 2.75) is 105 Å². The average molecular weight is 797 g/mol. The van der Waals surface area contributed by atoms with E-state index in [0.717, 1.165) is 11.1 Å². The maximum Gasteiger partial charge on any atom is 0.295 e. The van der Waals surface area contributed by atoms with Crippen molar-refractivity contribution < 1.29 is 39.7 Å². The van der Waals surface area contributed by atoms with E-state index in [1.54, 1.807) is 46.2 Å². The molecule has 0 saturated carbocycles. The first-order chi connectivity index (χ1) is 26.4. The third-order valence-corrected chi connectivity index (χ3v) is 9.15. The zero-order valence-electron chi connectivity index (χ0n) is 35.2. The van der Waals surface area contributed by atoms with Gasteiger partial charge in [-0.1, -0.05) is 84.9 Å². The third-order valence-electron chi connectivity index (χ3n) is 9.15. The fourth-order valence-electron chi connectivity index (χ4n) is 6.43. The van der Waals surface area contributed by atoms with Gasteiger partial charge in [-0.3, -0.25) is 28.8 Å². The summed E-state index contributed by atoms with van der Waals surface area (Å²) in [6.45, 7) is 18.8. The van der Waals surface area contributed by atoms with Crippen molar-refractivity contribution in [1.29, 1.82) is 0 Å². The van der Waals surface area contributed by atoms with Gasteiger partial charge in [0.15, 0.2) is 0 Å². The second-order valence-corrected chi connectivity index (χ2v) is 14.8. The van der Waals surface area contributed by atoms with Gasteiger partial charge in [0.2, 0.25) is 11.6 Å². The summed E-state index contributed by atoms with van der Waals surface area (Å²) in [6.07, 6.45) is 0. The predicted octanol–water partition coefficient (Wildman–Crippen LogP) is 6.36. The maximum absolute atomic E-state index is 12.7. The van der Waals surface area contributed by atoms with Crippen LogP contribution in [-0.2, 0) is 9.59 Å². The summed E-state index contributed by atoms with van der Waals surface area (Å²) in [7, 11) is 0. The fourth-order valence-corrected chi connectivity index (χ4v) is 6.43. The Labute approximate surface area is 342 Å². The average Bonchev–Trinajstić information content (AvgIpc) is 3.17. The topological polar surface area (TPSA) is 196 Å². The van der Waals surface area contributed by atoms with E-state index in [4.69, 9.17) is 0 Å². The smallest absolute Gasteiger partial charge is 0.295 e. The van der Waals surface area contributed by atoms with Gasteiger partial charge in [-0.15, -0.1) is 0 Å². The van der Waals surface area contributed by atoms with Gasteiger partial charge in [0, 0.05) is 46.4 Å². The van der Waals surface area contributed by atoms with E-state index in [2.05, 4.69) is 10.6 Å². The minimum Gasteiger partial charge on any atom is -0.412 e. The second kappa shape index (κ2) is 23.3. The molecule has 0 fully saturated rings. The normalized spacial score (nSPS) is 11.6. The lowest BCUT2D eigenvalue weighted by Crippen LogP contribution is -2.45. The minimum atomic E-state index is -0.604. The van der Waals surface area contributed by atoms with Gasteiger partial charge in [-0.25, -0.2) is 0 Å². The molecule has 4 rings (SSSR count). The number of hydrogen-bond acceptors (Lipinski definition) is 6. The Balaban J connectivity index is 0.000000561. The van der Waals surface area contributed by atoms with Gasteiger partial charge in [0.1, 0.15) is 0 Å². The molecule has 12 heteroatoms. The molecule has 0 bridgehead atoms. The van der Waals surface area contributed by atoms with Crippen molar-refractivity contribution in [2.75, 3.05) is 0 Å². The Hall–Kier alpha value is -5.98. The van der Waals surface area contributed by atoms with E-state index in [0.29, 0.717) is 11.1 Å². The summed E-state index contributed by atoms with van der Waals surface area (Å²) in [4.78, 5) is 79.0. The first-order valence-corrected chi connectivity index (χ1v) is 19.1. The number of ketones is 2. The molecule has 312 valence electrons. The van der Waals surface area contributed by atoms with Crippen LogP contribution in [-0.4, -0.2) is 80.1 Å². The van der Waals surface area contributed by atoms with E-state index >= 15 is 0 Å². The van der Waals surface area contributed by atoms with Crippen molar-refractivity contribution in [3.05, 3.63) is 143 Å². The van der Waals surface area contributed by atoms with Crippen LogP contribution in [0.1, 0.15) is 134 Å². The standard InChI is InChI=1S/2C23H28N2O3.2H2O/c2*1-15(2)25(16(3)4)23(28)21(26)19-12-9-13-20(14-19)22(27)24-17(5)18-10-7-6-8-11-18;;/h2*6-17H,1-5H3,(H,24,27);2*1H2/t2*17-;;/m11../s1. The molecule has 0 aliphatic heterocycles. The van der Waals surface area contributed by atoms with E-state index in [9.17, 15) is 28.8 Å². The van der Waals surface area contributed by atoms with Gasteiger partial charge >= 0.3 is 0 Å². The Kier molecular flexibility index (Phi) is 20.1. The second-order valence-electron chi connectivity index (χ2n) is 14.8. The molecule has 58 heavy (non-hydrogen) atoms. The number of benzene rings is 4. The highest BCUT2D eigenvalue weighted by molar-refractivity contribution is 6.43. The van der Waals surface area contributed by atoms with Crippen LogP contribution in [0.4, 0.5) is 0 Å². The summed E-state index contributed by atoms with van der Waals surface area (Å²) in [6, 6.07) is 31.2. The van der Waals surface area contributed by atoms with Crippen LogP contribution in [0, 0.1) is 0 Å². The van der Waals surface area contributed by atoms with E-state index in [-0.39, 0.29) is 70.1 Å². The summed E-state index contributed by atoms with van der Waals surface area (Å²) in [5, 5.41) is 5.84. The molecule has 0 radical (unpaired) electrons. The molecule has 0 aliphatic rings. The number of carbonyl (C=O) groups excluding carboxylic acids is 6. The third kappa shape index (κ3) is 13.6. The first kappa shape index (κ1) is 50.0. The molecule has 0 saturated heterocycles. The van der Waals surface area contributed by atoms with Crippen LogP contribution in [0.15, 0.2) is 109 Å². The lowest BCUT2D eigenvalue weighted by molar-refractivity contribution is -0.130. The summed E-state index contributed by atoms with van der Waals surface area (Å²) in [5.41, 5.74) is 3.11. The van der Waals surface area contributed by atoms with Gasteiger partial charge in [-0.2, -0.15) is 0 Å². The van der Waals surface area contributed by atoms with Crippen molar-refractivity contribution in [3.63, 3.8) is 0 Å². The molecule has 0 heterocycles. The monoisotopic (exact) mass is 796 g/mol. The Bertz CT molecular complexity index is 1820. The number of Topliss-reactive ketones (excluding diaryl/α,β-unsaturated/α-hetero) is 2. The molecule has 4 amide bonds. The number of nitrogens with zero attached hydrogens (tertiary/aromatic N) is 2. The van der Waals surface area contributed by atoms with E-state index < -0.39 is 23.4 Å². The van der Waals surface area contributed by atoms with Crippen molar-refractivity contribution >= 4 is 35.2 Å². The first-order valence-electron chi connectivity index (χ1n) is 19.1. The number of amides is 4. The van der Waals surface area contributed by atoms with E-state index in [1.807, 2.05) is 130 Å². The van der Waals surface area contributed by atoms with Gasteiger partial charge in [0.05, 0.1) is 12.1 Å². The van der Waals surface area contributed by atoms with Crippen LogP contribution in [0.3, 0.4) is 0 Å². The molecule has 0 unspecified atom stereocenters. The summed E-state index contributed by atoms with van der Waals surface area (Å²) < 4.78 is 0. The zero-order chi connectivity index (χ0) is 41.7. The highest BCUT2D eigenvalue weighted by Gasteiger charge is 2.29. The summed E-state index contributed by atoms with van der Waals surface area (Å²) in [5.74, 6) is -2.90. The van der Waals surface area contributed by atoms with Crippen LogP contribution < -0.4 is 10.6 Å². The van der Waals surface area contributed by atoms with Crippen molar-refractivity contribution in [3.8, 4) is 0 Å². The van der Waals surface area contributed by atoms with E-state index in [1.165, 1.54) is 12.1 Å². The molecule has 4 aromatic carbocycles. The number of rotatable bonds is 14. The minimum absolute atomic E-state index is 0. The molecule has 0 aromatic heterocycles. The fraction of sp³-hybridized carbons (Fsp3) is 0.348. The van der Waals surface area contributed by atoms with Crippen molar-refractivity contribution in [1.82, 2.24) is 20.4 Å². The summed E-state index contributed by atoms with van der Waals surface area (Å²) >= 11 is 0. The van der Waals surface area contributed by atoms with Crippen LogP contribution in [0.5, 0.6) is 0 Å². The quantitative estimate of drug-likeness (QED) is 0.110. The molecular formula is C46H60N4O8. The SMILES string of the molecule is CC(C)N(C(=O)C(=O)c1cccc(C(=O)N[C@H](C)c2ccccc2)c1)C(C)C.CC(C)N(C(=O)C(=O)c1cccc(C(=O)N[C@H](C)c2ccccc2)c1)C(C)C.O.O. The lowest BCUT2D eigenvalue weighted by atomic mass is 10.0. The van der Waals surface area contributed by atoms with Gasteiger partial charge in [-0.05, 0) is 105 Å².